The predicted molar refractivity (Wildman–Crippen MR) is 76.3 cm³/mol. The molecule has 0 radical (unpaired) electrons. The molecular formula is C14H16N4S. The third-order valence-electron chi connectivity index (χ3n) is 3.78. The van der Waals surface area contributed by atoms with Gasteiger partial charge in [-0.05, 0) is 30.4 Å². The van der Waals surface area contributed by atoms with Crippen molar-refractivity contribution < 1.29 is 0 Å². The summed E-state index contributed by atoms with van der Waals surface area (Å²) < 4.78 is 4.24. The fourth-order valence-corrected chi connectivity index (χ4v) is 3.24. The lowest BCUT2D eigenvalue weighted by atomic mass is 10.1. The highest BCUT2D eigenvalue weighted by Gasteiger charge is 2.29. The zero-order valence-electron chi connectivity index (χ0n) is 10.6. The first-order valence-electron chi connectivity index (χ1n) is 6.62. The molecule has 1 fully saturated rings. The standard InChI is InChI=1S/C14H16N4S/c15-13(10-1-2-10)11-3-4-17(7-11)8-12-9-18-5-6-19-14(18)16-12/h3-7,9-10,13H,1-2,8,15H2. The van der Waals surface area contributed by atoms with E-state index in [4.69, 9.17) is 5.73 Å². The molecular weight excluding hydrogens is 256 g/mol. The van der Waals surface area contributed by atoms with Crippen LogP contribution < -0.4 is 5.73 Å². The molecule has 0 saturated heterocycles. The van der Waals surface area contributed by atoms with Gasteiger partial charge in [-0.15, -0.1) is 11.3 Å². The van der Waals surface area contributed by atoms with Gasteiger partial charge in [-0.3, -0.25) is 4.40 Å². The highest BCUT2D eigenvalue weighted by molar-refractivity contribution is 7.15. The van der Waals surface area contributed by atoms with Crippen LogP contribution in [0.1, 0.15) is 30.1 Å². The highest BCUT2D eigenvalue weighted by Crippen LogP contribution is 2.39. The minimum atomic E-state index is 0.215. The summed E-state index contributed by atoms with van der Waals surface area (Å²) in [5, 5.41) is 2.05. The Hall–Kier alpha value is -1.59. The molecule has 1 atom stereocenters. The summed E-state index contributed by atoms with van der Waals surface area (Å²) in [4.78, 5) is 5.65. The van der Waals surface area contributed by atoms with Gasteiger partial charge >= 0.3 is 0 Å². The number of aromatic nitrogens is 3. The Bertz CT molecular complexity index is 675. The van der Waals surface area contributed by atoms with Crippen molar-refractivity contribution in [1.82, 2.24) is 14.0 Å². The van der Waals surface area contributed by atoms with Gasteiger partial charge in [-0.1, -0.05) is 0 Å². The summed E-state index contributed by atoms with van der Waals surface area (Å²) >= 11 is 1.66. The second-order valence-electron chi connectivity index (χ2n) is 5.31. The van der Waals surface area contributed by atoms with E-state index >= 15 is 0 Å². The average Bonchev–Trinajstić information content (AvgIpc) is 2.80. The monoisotopic (exact) mass is 272 g/mol. The van der Waals surface area contributed by atoms with Gasteiger partial charge in [-0.2, -0.15) is 0 Å². The van der Waals surface area contributed by atoms with Gasteiger partial charge in [0.25, 0.3) is 0 Å². The first kappa shape index (κ1) is 11.3. The van der Waals surface area contributed by atoms with Gasteiger partial charge in [0.15, 0.2) is 4.96 Å². The van der Waals surface area contributed by atoms with E-state index < -0.39 is 0 Å². The number of hydrogen-bond acceptors (Lipinski definition) is 3. The number of hydrogen-bond donors (Lipinski definition) is 1. The summed E-state index contributed by atoms with van der Waals surface area (Å²) in [6.07, 6.45) is 11.0. The first-order valence-corrected chi connectivity index (χ1v) is 7.50. The van der Waals surface area contributed by atoms with Crippen LogP contribution in [0.25, 0.3) is 4.96 Å². The van der Waals surface area contributed by atoms with Crippen molar-refractivity contribution in [1.29, 1.82) is 0 Å². The highest BCUT2D eigenvalue weighted by atomic mass is 32.1. The zero-order chi connectivity index (χ0) is 12.8. The largest absolute Gasteiger partial charge is 0.348 e. The SMILES string of the molecule is NC(c1ccn(Cc2cn3ccsc3n2)c1)C1CC1. The molecule has 1 aliphatic rings. The van der Waals surface area contributed by atoms with Crippen molar-refractivity contribution >= 4 is 16.3 Å². The van der Waals surface area contributed by atoms with Crippen LogP contribution in [0.15, 0.2) is 36.2 Å². The molecule has 4 nitrogen and oxygen atoms in total. The van der Waals surface area contributed by atoms with Crippen LogP contribution in [-0.2, 0) is 6.54 Å². The Morgan fingerprint density at radius 3 is 3.05 bits per heavy atom. The van der Waals surface area contributed by atoms with Gasteiger partial charge in [0.1, 0.15) is 0 Å². The summed E-state index contributed by atoms with van der Waals surface area (Å²) in [5.41, 5.74) is 8.57. The summed E-state index contributed by atoms with van der Waals surface area (Å²) in [6.45, 7) is 0.811. The van der Waals surface area contributed by atoms with Crippen LogP contribution in [0.5, 0.6) is 0 Å². The molecule has 4 rings (SSSR count). The minimum absolute atomic E-state index is 0.215. The molecule has 3 aromatic heterocycles. The Morgan fingerprint density at radius 1 is 1.37 bits per heavy atom. The number of nitrogens with two attached hydrogens (primary N) is 1. The van der Waals surface area contributed by atoms with Crippen LogP contribution in [-0.4, -0.2) is 14.0 Å². The van der Waals surface area contributed by atoms with Crippen LogP contribution in [0.2, 0.25) is 0 Å². The van der Waals surface area contributed by atoms with Crippen LogP contribution in [0.3, 0.4) is 0 Å². The van der Waals surface area contributed by atoms with Crippen molar-refractivity contribution in [2.24, 2.45) is 11.7 Å². The molecule has 2 N–H and O–H groups in total. The fraction of sp³-hybridized carbons (Fsp3) is 0.357. The number of rotatable bonds is 4. The maximum absolute atomic E-state index is 6.22. The van der Waals surface area contributed by atoms with E-state index in [1.165, 1.54) is 18.4 Å². The second-order valence-corrected chi connectivity index (χ2v) is 6.18. The molecule has 0 spiro atoms. The molecule has 1 saturated carbocycles. The van der Waals surface area contributed by atoms with Gasteiger partial charge in [0, 0.05) is 36.2 Å². The summed E-state index contributed by atoms with van der Waals surface area (Å²) in [5.74, 6) is 0.703. The van der Waals surface area contributed by atoms with E-state index in [1.807, 2.05) is 6.20 Å². The summed E-state index contributed by atoms with van der Waals surface area (Å²) in [6, 6.07) is 2.35. The van der Waals surface area contributed by atoms with Gasteiger partial charge < -0.3 is 10.3 Å². The Balaban J connectivity index is 1.54. The van der Waals surface area contributed by atoms with Crippen molar-refractivity contribution in [3.63, 3.8) is 0 Å². The van der Waals surface area contributed by atoms with Crippen molar-refractivity contribution in [3.8, 4) is 0 Å². The molecule has 1 aliphatic carbocycles. The van der Waals surface area contributed by atoms with Crippen LogP contribution in [0, 0.1) is 5.92 Å². The number of fused-ring (bicyclic) bond motifs is 1. The molecule has 0 bridgehead atoms. The van der Waals surface area contributed by atoms with E-state index in [0.717, 1.165) is 17.2 Å². The molecule has 1 unspecified atom stereocenters. The molecule has 3 heterocycles. The Kier molecular flexibility index (Phi) is 2.50. The maximum Gasteiger partial charge on any atom is 0.193 e. The lowest BCUT2D eigenvalue weighted by Gasteiger charge is -2.07. The summed E-state index contributed by atoms with van der Waals surface area (Å²) in [7, 11) is 0. The third kappa shape index (κ3) is 2.09. The van der Waals surface area contributed by atoms with Crippen molar-refractivity contribution in [3.05, 3.63) is 47.5 Å². The zero-order valence-corrected chi connectivity index (χ0v) is 11.4. The topological polar surface area (TPSA) is 48.2 Å². The molecule has 5 heteroatoms. The number of imidazole rings is 1. The maximum atomic E-state index is 6.22. The molecule has 19 heavy (non-hydrogen) atoms. The molecule has 3 aromatic rings. The number of nitrogens with zero attached hydrogens (tertiary/aromatic N) is 3. The average molecular weight is 272 g/mol. The quantitative estimate of drug-likeness (QED) is 0.793. The van der Waals surface area contributed by atoms with E-state index in [-0.39, 0.29) is 6.04 Å². The van der Waals surface area contributed by atoms with Gasteiger partial charge in [0.2, 0.25) is 0 Å². The van der Waals surface area contributed by atoms with Crippen molar-refractivity contribution in [2.75, 3.05) is 0 Å². The molecule has 0 aromatic carbocycles. The van der Waals surface area contributed by atoms with Crippen LogP contribution >= 0.6 is 11.3 Å². The number of thiazole rings is 1. The predicted octanol–water partition coefficient (Wildman–Crippen LogP) is 2.66. The minimum Gasteiger partial charge on any atom is -0.348 e. The van der Waals surface area contributed by atoms with E-state index in [1.54, 1.807) is 11.3 Å². The fourth-order valence-electron chi connectivity index (χ4n) is 2.52. The smallest absolute Gasteiger partial charge is 0.193 e. The van der Waals surface area contributed by atoms with Gasteiger partial charge in [0.05, 0.1) is 12.2 Å². The molecule has 0 aliphatic heterocycles. The van der Waals surface area contributed by atoms with Crippen LogP contribution in [0.4, 0.5) is 0 Å². The molecule has 0 amide bonds. The van der Waals surface area contributed by atoms with Crippen molar-refractivity contribution in [2.45, 2.75) is 25.4 Å². The Labute approximate surface area is 115 Å². The molecule has 98 valence electrons. The van der Waals surface area contributed by atoms with Gasteiger partial charge in [-0.25, -0.2) is 4.98 Å². The Morgan fingerprint density at radius 2 is 2.26 bits per heavy atom. The lowest BCUT2D eigenvalue weighted by molar-refractivity contribution is 0.630. The van der Waals surface area contributed by atoms with E-state index in [2.05, 4.69) is 44.0 Å². The lowest BCUT2D eigenvalue weighted by Crippen LogP contribution is -2.11. The van der Waals surface area contributed by atoms with E-state index in [9.17, 15) is 0 Å². The third-order valence-corrected chi connectivity index (χ3v) is 4.55. The van der Waals surface area contributed by atoms with E-state index in [0.29, 0.717) is 5.92 Å². The second kappa shape index (κ2) is 4.21. The first-order chi connectivity index (χ1) is 9.29. The normalized spacial score (nSPS) is 17.1.